The van der Waals surface area contributed by atoms with Crippen molar-refractivity contribution in [3.05, 3.63) is 57.8 Å². The molecule has 92 valence electrons. The minimum absolute atomic E-state index is 0.178. The van der Waals surface area contributed by atoms with Crippen LogP contribution in [0.2, 0.25) is 0 Å². The molecular formula is C12H8F2N2O2. The summed E-state index contributed by atoms with van der Waals surface area (Å²) < 4.78 is 26.7. The number of pyridine rings is 1. The molecule has 0 aliphatic rings. The number of aromatic nitrogens is 1. The van der Waals surface area contributed by atoms with Gasteiger partial charge in [0.15, 0.2) is 17.3 Å². The summed E-state index contributed by atoms with van der Waals surface area (Å²) in [6.45, 7) is 1.63. The molecule has 1 heterocycles. The van der Waals surface area contributed by atoms with Gasteiger partial charge in [-0.15, -0.1) is 0 Å². The molecule has 6 heteroatoms. The highest BCUT2D eigenvalue weighted by Gasteiger charge is 2.21. The van der Waals surface area contributed by atoms with Gasteiger partial charge >= 0.3 is 0 Å². The molecule has 0 bridgehead atoms. The Hall–Kier alpha value is -2.37. The molecule has 4 nitrogen and oxygen atoms in total. The van der Waals surface area contributed by atoms with Gasteiger partial charge in [0.25, 0.3) is 5.69 Å². The molecule has 0 saturated heterocycles. The fraction of sp³-hybridized carbons (Fsp3) is 0.0833. The Morgan fingerprint density at radius 1 is 1.33 bits per heavy atom. The first-order valence-electron chi connectivity index (χ1n) is 5.06. The Kier molecular flexibility index (Phi) is 3.01. The number of hydrogen-bond acceptors (Lipinski definition) is 3. The van der Waals surface area contributed by atoms with Gasteiger partial charge in [0, 0.05) is 17.8 Å². The summed E-state index contributed by atoms with van der Waals surface area (Å²) in [7, 11) is 0. The maximum absolute atomic E-state index is 13.6. The number of rotatable bonds is 2. The second kappa shape index (κ2) is 4.48. The molecule has 0 atom stereocenters. The molecule has 0 aliphatic carbocycles. The molecule has 2 aromatic rings. The minimum Gasteiger partial charge on any atom is -0.258 e. The standard InChI is InChI=1S/C12H8F2N2O2/c1-7-5-10(16(17)18)12(15-6-7)8-3-2-4-9(13)11(8)14/h2-6H,1H3. The summed E-state index contributed by atoms with van der Waals surface area (Å²) in [6, 6.07) is 4.74. The molecule has 0 saturated carbocycles. The van der Waals surface area contributed by atoms with E-state index in [1.54, 1.807) is 6.92 Å². The first-order chi connectivity index (χ1) is 8.50. The number of nitrogens with zero attached hydrogens (tertiary/aromatic N) is 2. The molecule has 0 radical (unpaired) electrons. The fourth-order valence-electron chi connectivity index (χ4n) is 1.59. The van der Waals surface area contributed by atoms with E-state index in [1.807, 2.05) is 0 Å². The van der Waals surface area contributed by atoms with Crippen molar-refractivity contribution in [2.75, 3.05) is 0 Å². The Morgan fingerprint density at radius 3 is 2.72 bits per heavy atom. The van der Waals surface area contributed by atoms with Crippen LogP contribution in [0, 0.1) is 28.7 Å². The van der Waals surface area contributed by atoms with Crippen LogP contribution in [0.3, 0.4) is 0 Å². The van der Waals surface area contributed by atoms with Gasteiger partial charge in [-0.25, -0.2) is 13.8 Å². The van der Waals surface area contributed by atoms with Crippen molar-refractivity contribution < 1.29 is 13.7 Å². The van der Waals surface area contributed by atoms with Crippen LogP contribution in [-0.2, 0) is 0 Å². The first kappa shape index (κ1) is 12.1. The molecule has 1 aromatic heterocycles. The van der Waals surface area contributed by atoms with Gasteiger partial charge in [-0.05, 0) is 24.6 Å². The summed E-state index contributed by atoms with van der Waals surface area (Å²) in [5.41, 5.74) is -0.175. The molecule has 0 unspecified atom stereocenters. The third kappa shape index (κ3) is 2.04. The zero-order valence-electron chi connectivity index (χ0n) is 9.35. The van der Waals surface area contributed by atoms with Crippen molar-refractivity contribution in [3.63, 3.8) is 0 Å². The number of aryl methyl sites for hydroxylation is 1. The molecule has 2 rings (SSSR count). The van der Waals surface area contributed by atoms with Crippen LogP contribution in [0.4, 0.5) is 14.5 Å². The average Bonchev–Trinajstić information content (AvgIpc) is 2.33. The van der Waals surface area contributed by atoms with Crippen molar-refractivity contribution in [2.45, 2.75) is 6.92 Å². The lowest BCUT2D eigenvalue weighted by Gasteiger charge is -2.05. The van der Waals surface area contributed by atoms with Crippen LogP contribution in [0.15, 0.2) is 30.5 Å². The van der Waals surface area contributed by atoms with Gasteiger partial charge in [0.2, 0.25) is 0 Å². The van der Waals surface area contributed by atoms with E-state index in [2.05, 4.69) is 4.98 Å². The number of halogens is 2. The van der Waals surface area contributed by atoms with Crippen LogP contribution < -0.4 is 0 Å². The van der Waals surface area contributed by atoms with E-state index in [0.717, 1.165) is 6.07 Å². The van der Waals surface area contributed by atoms with Crippen molar-refractivity contribution >= 4 is 5.69 Å². The van der Waals surface area contributed by atoms with E-state index in [4.69, 9.17) is 0 Å². The monoisotopic (exact) mass is 250 g/mol. The van der Waals surface area contributed by atoms with E-state index >= 15 is 0 Å². The Morgan fingerprint density at radius 2 is 2.06 bits per heavy atom. The first-order valence-corrected chi connectivity index (χ1v) is 5.06. The van der Waals surface area contributed by atoms with E-state index in [0.29, 0.717) is 5.56 Å². The Bertz CT molecular complexity index is 629. The maximum Gasteiger partial charge on any atom is 0.295 e. The summed E-state index contributed by atoms with van der Waals surface area (Å²) >= 11 is 0. The van der Waals surface area contributed by atoms with Gasteiger partial charge < -0.3 is 0 Å². The molecule has 18 heavy (non-hydrogen) atoms. The molecule has 1 aromatic carbocycles. The second-order valence-corrected chi connectivity index (χ2v) is 3.74. The summed E-state index contributed by atoms with van der Waals surface area (Å²) in [6.07, 6.45) is 1.37. The molecule has 0 spiro atoms. The average molecular weight is 250 g/mol. The highest BCUT2D eigenvalue weighted by atomic mass is 19.2. The van der Waals surface area contributed by atoms with Gasteiger partial charge in [-0.2, -0.15) is 0 Å². The highest BCUT2D eigenvalue weighted by Crippen LogP contribution is 2.30. The topological polar surface area (TPSA) is 56.0 Å². The van der Waals surface area contributed by atoms with Gasteiger partial charge in [-0.3, -0.25) is 10.1 Å². The van der Waals surface area contributed by atoms with Crippen LogP contribution in [0.25, 0.3) is 11.3 Å². The Balaban J connectivity index is 2.71. The zero-order chi connectivity index (χ0) is 13.3. The lowest BCUT2D eigenvalue weighted by molar-refractivity contribution is -0.384. The van der Waals surface area contributed by atoms with Crippen molar-refractivity contribution in [1.82, 2.24) is 4.98 Å². The van der Waals surface area contributed by atoms with Gasteiger partial charge in [0.1, 0.15) is 0 Å². The van der Waals surface area contributed by atoms with Crippen LogP contribution in [0.5, 0.6) is 0 Å². The van der Waals surface area contributed by atoms with E-state index in [9.17, 15) is 18.9 Å². The van der Waals surface area contributed by atoms with E-state index < -0.39 is 16.6 Å². The predicted molar refractivity (Wildman–Crippen MR) is 61.0 cm³/mol. The zero-order valence-corrected chi connectivity index (χ0v) is 9.35. The lowest BCUT2D eigenvalue weighted by Crippen LogP contribution is -1.98. The predicted octanol–water partition coefficient (Wildman–Crippen LogP) is 3.24. The summed E-state index contributed by atoms with van der Waals surface area (Å²) in [5, 5.41) is 10.9. The highest BCUT2D eigenvalue weighted by molar-refractivity contribution is 5.70. The summed E-state index contributed by atoms with van der Waals surface area (Å²) in [4.78, 5) is 14.0. The lowest BCUT2D eigenvalue weighted by atomic mass is 10.1. The molecular weight excluding hydrogens is 242 g/mol. The fourth-order valence-corrected chi connectivity index (χ4v) is 1.59. The molecule has 0 N–H and O–H groups in total. The van der Waals surface area contributed by atoms with E-state index in [-0.39, 0.29) is 16.9 Å². The SMILES string of the molecule is Cc1cnc(-c2cccc(F)c2F)c([N+](=O)[O-])c1. The molecule has 0 amide bonds. The maximum atomic E-state index is 13.6. The number of hydrogen-bond donors (Lipinski definition) is 0. The third-order valence-corrected chi connectivity index (χ3v) is 2.41. The number of nitro groups is 1. The van der Waals surface area contributed by atoms with E-state index in [1.165, 1.54) is 24.4 Å². The van der Waals surface area contributed by atoms with Gasteiger partial charge in [-0.1, -0.05) is 6.07 Å². The second-order valence-electron chi connectivity index (χ2n) is 3.74. The molecule has 0 aliphatic heterocycles. The van der Waals surface area contributed by atoms with Crippen molar-refractivity contribution in [2.24, 2.45) is 0 Å². The van der Waals surface area contributed by atoms with Crippen LogP contribution >= 0.6 is 0 Å². The molecule has 0 fully saturated rings. The van der Waals surface area contributed by atoms with Gasteiger partial charge in [0.05, 0.1) is 4.92 Å². The Labute approximate surface area is 101 Å². The van der Waals surface area contributed by atoms with Crippen molar-refractivity contribution in [1.29, 1.82) is 0 Å². The quantitative estimate of drug-likeness (QED) is 0.607. The van der Waals surface area contributed by atoms with Crippen LogP contribution in [0.1, 0.15) is 5.56 Å². The van der Waals surface area contributed by atoms with Crippen molar-refractivity contribution in [3.8, 4) is 11.3 Å². The van der Waals surface area contributed by atoms with Crippen LogP contribution in [-0.4, -0.2) is 9.91 Å². The number of benzene rings is 1. The normalized spacial score (nSPS) is 10.4. The summed E-state index contributed by atoms with van der Waals surface area (Å²) in [5.74, 6) is -2.21. The largest absolute Gasteiger partial charge is 0.295 e. The smallest absolute Gasteiger partial charge is 0.258 e. The minimum atomic E-state index is -1.14. The third-order valence-electron chi connectivity index (χ3n) is 2.41.